The van der Waals surface area contributed by atoms with Crippen molar-refractivity contribution < 1.29 is 4.74 Å². The minimum absolute atomic E-state index is 0.0462. The lowest BCUT2D eigenvalue weighted by molar-refractivity contribution is -0.0366. The first kappa shape index (κ1) is 14.0. The van der Waals surface area contributed by atoms with E-state index in [1.54, 1.807) is 0 Å². The van der Waals surface area contributed by atoms with Crippen molar-refractivity contribution in [3.8, 4) is 0 Å². The molecule has 1 aromatic heterocycles. The Bertz CT molecular complexity index is 693. The molecule has 2 aromatic rings. The van der Waals surface area contributed by atoms with Crippen LogP contribution in [-0.4, -0.2) is 16.4 Å². The fourth-order valence-corrected chi connectivity index (χ4v) is 4.61. The van der Waals surface area contributed by atoms with E-state index in [4.69, 9.17) is 16.3 Å². The maximum absolute atomic E-state index is 6.56. The van der Waals surface area contributed by atoms with Crippen LogP contribution in [0.3, 0.4) is 0 Å². The minimum Gasteiger partial charge on any atom is -0.356 e. The third-order valence-electron chi connectivity index (χ3n) is 4.74. The van der Waals surface area contributed by atoms with E-state index < -0.39 is 0 Å². The molecule has 0 bridgehead atoms. The predicted octanol–water partition coefficient (Wildman–Crippen LogP) is 5.27. The molecule has 1 aliphatic heterocycles. The van der Waals surface area contributed by atoms with Gasteiger partial charge in [0.15, 0.2) is 6.23 Å². The summed E-state index contributed by atoms with van der Waals surface area (Å²) in [6.45, 7) is 3.09. The van der Waals surface area contributed by atoms with Crippen LogP contribution in [0.15, 0.2) is 16.7 Å². The second kappa shape index (κ2) is 5.25. The molecule has 21 heavy (non-hydrogen) atoms. The van der Waals surface area contributed by atoms with Gasteiger partial charge in [-0.05, 0) is 65.1 Å². The highest BCUT2D eigenvalue weighted by Gasteiger charge is 2.37. The lowest BCUT2D eigenvalue weighted by atomic mass is 10.1. The number of fused-ring (bicyclic) bond motifs is 1. The zero-order chi connectivity index (χ0) is 14.6. The van der Waals surface area contributed by atoms with E-state index in [0.717, 1.165) is 45.8 Å². The van der Waals surface area contributed by atoms with Crippen molar-refractivity contribution in [1.29, 1.82) is 0 Å². The molecule has 5 heteroatoms. The molecule has 1 aliphatic carbocycles. The highest BCUT2D eigenvalue weighted by Crippen LogP contribution is 2.53. The maximum Gasteiger partial charge on any atom is 0.150 e. The molecule has 0 radical (unpaired) electrons. The number of aromatic nitrogens is 2. The number of benzene rings is 1. The van der Waals surface area contributed by atoms with Crippen molar-refractivity contribution >= 4 is 38.4 Å². The van der Waals surface area contributed by atoms with Crippen LogP contribution in [0, 0.1) is 5.92 Å². The Labute approximate surface area is 137 Å². The van der Waals surface area contributed by atoms with Crippen LogP contribution in [0.25, 0.3) is 10.9 Å². The summed E-state index contributed by atoms with van der Waals surface area (Å²) in [5, 5.41) is 6.55. The van der Waals surface area contributed by atoms with Gasteiger partial charge in [-0.1, -0.05) is 18.5 Å². The second-order valence-electron chi connectivity index (χ2n) is 6.25. The summed E-state index contributed by atoms with van der Waals surface area (Å²) in [6, 6.07) is 2.06. The number of halogens is 2. The summed E-state index contributed by atoms with van der Waals surface area (Å²) in [4.78, 5) is 0. The normalized spacial score (nSPS) is 29.0. The number of ether oxygens (including phenoxy) is 1. The van der Waals surface area contributed by atoms with Crippen LogP contribution in [0.5, 0.6) is 0 Å². The van der Waals surface area contributed by atoms with Gasteiger partial charge in [0.1, 0.15) is 0 Å². The summed E-state index contributed by atoms with van der Waals surface area (Å²) in [7, 11) is 0. The van der Waals surface area contributed by atoms with E-state index in [0.29, 0.717) is 5.92 Å². The highest BCUT2D eigenvalue weighted by molar-refractivity contribution is 9.10. The molecule has 2 unspecified atom stereocenters. The topological polar surface area (TPSA) is 27.1 Å². The summed E-state index contributed by atoms with van der Waals surface area (Å²) >= 11 is 10.3. The molecule has 0 N–H and O–H groups in total. The zero-order valence-electron chi connectivity index (χ0n) is 12.0. The van der Waals surface area contributed by atoms with E-state index in [-0.39, 0.29) is 6.23 Å². The Kier molecular flexibility index (Phi) is 3.51. The second-order valence-corrected chi connectivity index (χ2v) is 7.45. The molecule has 0 amide bonds. The monoisotopic (exact) mass is 368 g/mol. The van der Waals surface area contributed by atoms with Gasteiger partial charge in [-0.15, -0.1) is 0 Å². The van der Waals surface area contributed by atoms with E-state index >= 15 is 0 Å². The Morgan fingerprint density at radius 3 is 2.90 bits per heavy atom. The number of nitrogens with zero attached hydrogens (tertiary/aromatic N) is 2. The largest absolute Gasteiger partial charge is 0.356 e. The Morgan fingerprint density at radius 2 is 2.24 bits per heavy atom. The van der Waals surface area contributed by atoms with E-state index in [1.807, 2.05) is 10.9 Å². The number of hydrogen-bond acceptors (Lipinski definition) is 2. The fraction of sp³-hybridized carbons (Fsp3) is 0.562. The predicted molar refractivity (Wildman–Crippen MR) is 87.8 cm³/mol. The van der Waals surface area contributed by atoms with Gasteiger partial charge in [0, 0.05) is 21.5 Å². The molecule has 0 spiro atoms. The van der Waals surface area contributed by atoms with Crippen molar-refractivity contribution in [2.24, 2.45) is 5.92 Å². The number of rotatable bonds is 2. The average Bonchev–Trinajstić information content (AvgIpc) is 3.03. The molecular weight excluding hydrogens is 352 g/mol. The Hall–Kier alpha value is -0.580. The quantitative estimate of drug-likeness (QED) is 0.720. The molecule has 4 rings (SSSR count). The first-order chi connectivity index (χ1) is 10.2. The molecule has 2 fully saturated rings. The van der Waals surface area contributed by atoms with Crippen molar-refractivity contribution in [2.75, 3.05) is 6.61 Å². The summed E-state index contributed by atoms with van der Waals surface area (Å²) in [5.41, 5.74) is 2.32. The molecule has 2 aliphatic rings. The van der Waals surface area contributed by atoms with Crippen LogP contribution in [-0.2, 0) is 4.74 Å². The lowest BCUT2D eigenvalue weighted by Crippen LogP contribution is -2.18. The Balaban J connectivity index is 1.81. The van der Waals surface area contributed by atoms with Gasteiger partial charge in [-0.25, -0.2) is 4.68 Å². The van der Waals surface area contributed by atoms with Crippen LogP contribution < -0.4 is 0 Å². The molecule has 1 aromatic carbocycles. The van der Waals surface area contributed by atoms with Gasteiger partial charge < -0.3 is 4.74 Å². The van der Waals surface area contributed by atoms with Crippen LogP contribution in [0.1, 0.15) is 50.3 Å². The third-order valence-corrected chi connectivity index (χ3v) is 5.90. The average molecular weight is 370 g/mol. The molecular formula is C16H18BrClN2O. The van der Waals surface area contributed by atoms with E-state index in [2.05, 4.69) is 34.0 Å². The molecule has 3 nitrogen and oxygen atoms in total. The summed E-state index contributed by atoms with van der Waals surface area (Å²) in [5.74, 6) is 1.32. The van der Waals surface area contributed by atoms with E-state index in [9.17, 15) is 0 Å². The zero-order valence-corrected chi connectivity index (χ0v) is 14.3. The third kappa shape index (κ3) is 2.32. The first-order valence-electron chi connectivity index (χ1n) is 7.63. The van der Waals surface area contributed by atoms with E-state index in [1.165, 1.54) is 18.4 Å². The molecule has 112 valence electrons. The van der Waals surface area contributed by atoms with Gasteiger partial charge in [0.05, 0.1) is 11.7 Å². The van der Waals surface area contributed by atoms with Crippen molar-refractivity contribution in [3.63, 3.8) is 0 Å². The first-order valence-corrected chi connectivity index (χ1v) is 8.80. The van der Waals surface area contributed by atoms with Crippen molar-refractivity contribution in [2.45, 2.75) is 44.8 Å². The van der Waals surface area contributed by atoms with Gasteiger partial charge in [0.2, 0.25) is 0 Å². The van der Waals surface area contributed by atoms with Crippen LogP contribution in [0.2, 0.25) is 5.02 Å². The summed E-state index contributed by atoms with van der Waals surface area (Å²) in [6.07, 6.45) is 6.56. The van der Waals surface area contributed by atoms with Gasteiger partial charge in [0.25, 0.3) is 0 Å². The van der Waals surface area contributed by atoms with Gasteiger partial charge in [-0.2, -0.15) is 5.10 Å². The Morgan fingerprint density at radius 1 is 1.43 bits per heavy atom. The van der Waals surface area contributed by atoms with Crippen LogP contribution >= 0.6 is 27.5 Å². The number of hydrogen-bond donors (Lipinski definition) is 0. The fourth-order valence-electron chi connectivity index (χ4n) is 3.34. The SMILES string of the molecule is C[C@@H]1CC1c1c(Cl)cc2c(cnn2C2CCCCO2)c1Br. The van der Waals surface area contributed by atoms with Gasteiger partial charge >= 0.3 is 0 Å². The molecule has 1 saturated carbocycles. The summed E-state index contributed by atoms with van der Waals surface area (Å²) < 4.78 is 8.96. The minimum atomic E-state index is 0.0462. The smallest absolute Gasteiger partial charge is 0.150 e. The maximum atomic E-state index is 6.56. The lowest BCUT2D eigenvalue weighted by Gasteiger charge is -2.23. The molecule has 3 atom stereocenters. The molecule has 1 saturated heterocycles. The highest BCUT2D eigenvalue weighted by atomic mass is 79.9. The molecule has 2 heterocycles. The van der Waals surface area contributed by atoms with Crippen LogP contribution in [0.4, 0.5) is 0 Å². The van der Waals surface area contributed by atoms with Crippen molar-refractivity contribution in [3.05, 3.63) is 27.3 Å². The standard InChI is InChI=1S/C16H18BrClN2O/c1-9-6-10(9)15-12(18)7-13-11(16(15)17)8-19-20(13)14-4-2-3-5-21-14/h7-10,14H,2-6H2,1H3/t9-,10?,14?/m1/s1. The van der Waals surface area contributed by atoms with Crippen molar-refractivity contribution in [1.82, 2.24) is 9.78 Å². The van der Waals surface area contributed by atoms with Gasteiger partial charge in [-0.3, -0.25) is 0 Å².